The van der Waals surface area contributed by atoms with E-state index in [1.54, 1.807) is 7.11 Å². The number of anilines is 1. The number of aryl methyl sites for hydroxylation is 1. The van der Waals surface area contributed by atoms with E-state index in [-0.39, 0.29) is 0 Å². The molecule has 2 rings (SSSR count). The minimum atomic E-state index is 0.652. The molecule has 4 nitrogen and oxygen atoms in total. The molecule has 2 N–H and O–H groups in total. The van der Waals surface area contributed by atoms with Crippen LogP contribution >= 0.6 is 0 Å². The zero-order chi connectivity index (χ0) is 12.8. The first kappa shape index (κ1) is 12.9. The summed E-state index contributed by atoms with van der Waals surface area (Å²) in [5.74, 6) is 0. The van der Waals surface area contributed by atoms with Crippen molar-refractivity contribution >= 4 is 16.6 Å². The second-order valence-electron chi connectivity index (χ2n) is 4.25. The van der Waals surface area contributed by atoms with Crippen molar-refractivity contribution < 1.29 is 9.47 Å². The van der Waals surface area contributed by atoms with Crippen molar-refractivity contribution in [2.45, 2.75) is 13.0 Å². The third-order valence-corrected chi connectivity index (χ3v) is 2.94. The summed E-state index contributed by atoms with van der Waals surface area (Å²) < 4.78 is 12.6. The molecule has 18 heavy (non-hydrogen) atoms. The van der Waals surface area contributed by atoms with Gasteiger partial charge in [-0.15, -0.1) is 0 Å². The quantitative estimate of drug-likeness (QED) is 0.604. The maximum atomic E-state index is 6.00. The van der Waals surface area contributed by atoms with Gasteiger partial charge in [0.1, 0.15) is 0 Å². The Morgan fingerprint density at radius 1 is 1.17 bits per heavy atom. The number of hydrogen-bond acceptors (Lipinski definition) is 3. The van der Waals surface area contributed by atoms with Crippen LogP contribution in [0, 0.1) is 0 Å². The van der Waals surface area contributed by atoms with E-state index in [0.717, 1.165) is 30.8 Å². The van der Waals surface area contributed by atoms with Gasteiger partial charge < -0.3 is 19.8 Å². The Balaban J connectivity index is 1.88. The highest BCUT2D eigenvalue weighted by Gasteiger charge is 2.03. The summed E-state index contributed by atoms with van der Waals surface area (Å²) in [6.07, 6.45) is 3.05. The van der Waals surface area contributed by atoms with Crippen LogP contribution in [0.1, 0.15) is 6.42 Å². The minimum absolute atomic E-state index is 0.652. The largest absolute Gasteiger partial charge is 0.397 e. The zero-order valence-corrected chi connectivity index (χ0v) is 10.8. The Bertz CT molecular complexity index is 493. The maximum Gasteiger partial charge on any atom is 0.0713 e. The average Bonchev–Trinajstić information content (AvgIpc) is 2.78. The lowest BCUT2D eigenvalue weighted by atomic mass is 10.2. The van der Waals surface area contributed by atoms with Crippen LogP contribution in [0.2, 0.25) is 0 Å². The summed E-state index contributed by atoms with van der Waals surface area (Å²) in [6, 6.07) is 8.10. The molecule has 0 aliphatic rings. The fourth-order valence-electron chi connectivity index (χ4n) is 2.06. The standard InChI is InChI=1S/C14H20N2O2/c1-17-10-11-18-9-3-7-16-8-6-12-4-2-5-13(15)14(12)16/h2,4-6,8H,3,7,9-11,15H2,1H3. The van der Waals surface area contributed by atoms with Gasteiger partial charge in [-0.3, -0.25) is 0 Å². The van der Waals surface area contributed by atoms with Gasteiger partial charge in [0.2, 0.25) is 0 Å². The summed E-state index contributed by atoms with van der Waals surface area (Å²) >= 11 is 0. The van der Waals surface area contributed by atoms with Crippen molar-refractivity contribution in [2.75, 3.05) is 32.7 Å². The third kappa shape index (κ3) is 3.03. The van der Waals surface area contributed by atoms with Gasteiger partial charge in [-0.05, 0) is 18.6 Å². The van der Waals surface area contributed by atoms with Crippen molar-refractivity contribution in [2.24, 2.45) is 0 Å². The van der Waals surface area contributed by atoms with Crippen LogP contribution in [0.25, 0.3) is 10.9 Å². The summed E-state index contributed by atoms with van der Waals surface area (Å²) in [6.45, 7) is 2.98. The molecule has 0 fully saturated rings. The van der Waals surface area contributed by atoms with Gasteiger partial charge in [-0.25, -0.2) is 0 Å². The van der Waals surface area contributed by atoms with E-state index in [1.807, 2.05) is 12.1 Å². The highest BCUT2D eigenvalue weighted by molar-refractivity contribution is 5.90. The molecule has 1 aromatic heterocycles. The number of aromatic nitrogens is 1. The normalized spacial score (nSPS) is 11.2. The average molecular weight is 248 g/mol. The van der Waals surface area contributed by atoms with Gasteiger partial charge in [0.25, 0.3) is 0 Å². The van der Waals surface area contributed by atoms with Crippen LogP contribution in [-0.4, -0.2) is 31.5 Å². The van der Waals surface area contributed by atoms with Crippen molar-refractivity contribution in [3.8, 4) is 0 Å². The molecule has 0 saturated heterocycles. The van der Waals surface area contributed by atoms with E-state index >= 15 is 0 Å². The van der Waals surface area contributed by atoms with Crippen molar-refractivity contribution in [3.05, 3.63) is 30.5 Å². The van der Waals surface area contributed by atoms with Crippen LogP contribution in [0.5, 0.6) is 0 Å². The van der Waals surface area contributed by atoms with E-state index in [2.05, 4.69) is 22.9 Å². The molecular weight excluding hydrogens is 228 g/mol. The van der Waals surface area contributed by atoms with Gasteiger partial charge in [-0.2, -0.15) is 0 Å². The number of fused-ring (bicyclic) bond motifs is 1. The lowest BCUT2D eigenvalue weighted by Crippen LogP contribution is -2.06. The molecular formula is C14H20N2O2. The Kier molecular flexibility index (Phi) is 4.61. The number of rotatable bonds is 7. The van der Waals surface area contributed by atoms with Gasteiger partial charge in [0.05, 0.1) is 24.4 Å². The monoisotopic (exact) mass is 248 g/mol. The summed E-state index contributed by atoms with van der Waals surface area (Å²) in [5, 5.41) is 1.19. The highest BCUT2D eigenvalue weighted by atomic mass is 16.5. The molecule has 1 heterocycles. The fraction of sp³-hybridized carbons (Fsp3) is 0.429. The topological polar surface area (TPSA) is 49.4 Å². The van der Waals surface area contributed by atoms with E-state index in [1.165, 1.54) is 5.39 Å². The second kappa shape index (κ2) is 6.42. The molecule has 1 aromatic carbocycles. The van der Waals surface area contributed by atoms with Crippen molar-refractivity contribution in [3.63, 3.8) is 0 Å². The summed E-state index contributed by atoms with van der Waals surface area (Å²) in [4.78, 5) is 0. The number of para-hydroxylation sites is 1. The lowest BCUT2D eigenvalue weighted by molar-refractivity contribution is 0.0681. The number of benzene rings is 1. The van der Waals surface area contributed by atoms with Crippen LogP contribution in [0.3, 0.4) is 0 Å². The fourth-order valence-corrected chi connectivity index (χ4v) is 2.06. The molecule has 0 spiro atoms. The number of ether oxygens (including phenoxy) is 2. The smallest absolute Gasteiger partial charge is 0.0713 e. The van der Waals surface area contributed by atoms with Crippen LogP contribution in [0.4, 0.5) is 5.69 Å². The molecule has 0 unspecified atom stereocenters. The second-order valence-corrected chi connectivity index (χ2v) is 4.25. The van der Waals surface area contributed by atoms with E-state index < -0.39 is 0 Å². The SMILES string of the molecule is COCCOCCCn1ccc2cccc(N)c21. The minimum Gasteiger partial charge on any atom is -0.397 e. The first-order chi connectivity index (χ1) is 8.83. The molecule has 4 heteroatoms. The molecule has 0 atom stereocenters. The Morgan fingerprint density at radius 3 is 2.89 bits per heavy atom. The number of nitrogen functional groups attached to an aromatic ring is 1. The van der Waals surface area contributed by atoms with Crippen LogP contribution in [-0.2, 0) is 16.0 Å². The molecule has 0 aliphatic carbocycles. The molecule has 0 aliphatic heterocycles. The predicted octanol–water partition coefficient (Wildman–Crippen LogP) is 2.28. The Morgan fingerprint density at radius 2 is 2.06 bits per heavy atom. The van der Waals surface area contributed by atoms with Gasteiger partial charge >= 0.3 is 0 Å². The van der Waals surface area contributed by atoms with E-state index in [4.69, 9.17) is 15.2 Å². The van der Waals surface area contributed by atoms with E-state index in [9.17, 15) is 0 Å². The predicted molar refractivity (Wildman–Crippen MR) is 73.7 cm³/mol. The van der Waals surface area contributed by atoms with Crippen molar-refractivity contribution in [1.82, 2.24) is 4.57 Å². The van der Waals surface area contributed by atoms with Gasteiger partial charge in [0, 0.05) is 31.8 Å². The van der Waals surface area contributed by atoms with E-state index in [0.29, 0.717) is 13.2 Å². The number of hydrogen-bond donors (Lipinski definition) is 1. The highest BCUT2D eigenvalue weighted by Crippen LogP contribution is 2.22. The summed E-state index contributed by atoms with van der Waals surface area (Å²) in [7, 11) is 1.68. The van der Waals surface area contributed by atoms with Crippen LogP contribution < -0.4 is 5.73 Å². The van der Waals surface area contributed by atoms with Crippen molar-refractivity contribution in [1.29, 1.82) is 0 Å². The first-order valence-corrected chi connectivity index (χ1v) is 6.23. The zero-order valence-electron chi connectivity index (χ0n) is 10.8. The van der Waals surface area contributed by atoms with Gasteiger partial charge in [0.15, 0.2) is 0 Å². The maximum absolute atomic E-state index is 6.00. The molecule has 2 aromatic rings. The first-order valence-electron chi connectivity index (χ1n) is 6.23. The van der Waals surface area contributed by atoms with Gasteiger partial charge in [-0.1, -0.05) is 12.1 Å². The van der Waals surface area contributed by atoms with Crippen LogP contribution in [0.15, 0.2) is 30.5 Å². The summed E-state index contributed by atoms with van der Waals surface area (Å²) in [5.41, 5.74) is 7.95. The number of nitrogens with zero attached hydrogens (tertiary/aromatic N) is 1. The molecule has 0 amide bonds. The molecule has 98 valence electrons. The number of nitrogens with two attached hydrogens (primary N) is 1. The lowest BCUT2D eigenvalue weighted by Gasteiger charge is -2.08. The molecule has 0 saturated carbocycles. The third-order valence-electron chi connectivity index (χ3n) is 2.94. The Labute approximate surface area is 107 Å². The molecule has 0 radical (unpaired) electrons. The molecule has 0 bridgehead atoms. The number of methoxy groups -OCH3 is 1. The Hall–Kier alpha value is -1.52.